The van der Waals surface area contributed by atoms with Gasteiger partial charge in [-0.05, 0) is 35.6 Å². The smallest absolute Gasteiger partial charge is 0.227 e. The molecule has 0 aliphatic carbocycles. The van der Waals surface area contributed by atoms with E-state index >= 15 is 0 Å². The fourth-order valence-electron chi connectivity index (χ4n) is 1.93. The van der Waals surface area contributed by atoms with Crippen molar-refractivity contribution in [2.45, 2.75) is 33.1 Å². The lowest BCUT2D eigenvalue weighted by atomic mass is 9.85. The topological polar surface area (TPSA) is 49.6 Å². The standard InChI is InChI=1S/C16H17N3/c1-11-5-6-12(16(2,3)4)9-13(11)14-7-8-18-15(10-17)19-14/h5-9H,1-4H3. The highest BCUT2D eigenvalue weighted by molar-refractivity contribution is 5.64. The van der Waals surface area contributed by atoms with Gasteiger partial charge in [-0.2, -0.15) is 5.26 Å². The molecule has 0 fully saturated rings. The summed E-state index contributed by atoms with van der Waals surface area (Å²) in [7, 11) is 0. The first-order chi connectivity index (χ1) is 8.91. The third-order valence-electron chi connectivity index (χ3n) is 3.14. The van der Waals surface area contributed by atoms with E-state index in [9.17, 15) is 0 Å². The van der Waals surface area contributed by atoms with E-state index in [1.807, 2.05) is 12.1 Å². The van der Waals surface area contributed by atoms with Gasteiger partial charge < -0.3 is 0 Å². The van der Waals surface area contributed by atoms with Crippen LogP contribution >= 0.6 is 0 Å². The first-order valence-electron chi connectivity index (χ1n) is 6.26. The van der Waals surface area contributed by atoms with Crippen molar-refractivity contribution in [3.8, 4) is 17.3 Å². The van der Waals surface area contributed by atoms with Crippen LogP contribution in [0.3, 0.4) is 0 Å². The van der Waals surface area contributed by atoms with Crippen LogP contribution in [0.25, 0.3) is 11.3 Å². The Morgan fingerprint density at radius 2 is 1.89 bits per heavy atom. The van der Waals surface area contributed by atoms with Gasteiger partial charge in [0.05, 0.1) is 5.69 Å². The van der Waals surface area contributed by atoms with Crippen LogP contribution in [-0.2, 0) is 5.41 Å². The lowest BCUT2D eigenvalue weighted by molar-refractivity contribution is 0.590. The van der Waals surface area contributed by atoms with Gasteiger partial charge in [-0.3, -0.25) is 0 Å². The Labute approximate surface area is 114 Å². The highest BCUT2D eigenvalue weighted by Gasteiger charge is 2.15. The Morgan fingerprint density at radius 3 is 2.53 bits per heavy atom. The highest BCUT2D eigenvalue weighted by atomic mass is 14.9. The van der Waals surface area contributed by atoms with Crippen molar-refractivity contribution in [3.05, 3.63) is 47.4 Å². The number of nitriles is 1. The molecule has 1 aromatic carbocycles. The van der Waals surface area contributed by atoms with Crippen LogP contribution < -0.4 is 0 Å². The summed E-state index contributed by atoms with van der Waals surface area (Å²) in [5, 5.41) is 8.89. The van der Waals surface area contributed by atoms with Crippen molar-refractivity contribution in [1.29, 1.82) is 5.26 Å². The molecule has 0 saturated carbocycles. The maximum absolute atomic E-state index is 8.89. The summed E-state index contributed by atoms with van der Waals surface area (Å²) in [6.45, 7) is 8.60. The van der Waals surface area contributed by atoms with E-state index in [2.05, 4.69) is 55.9 Å². The lowest BCUT2D eigenvalue weighted by Gasteiger charge is -2.20. The number of aryl methyl sites for hydroxylation is 1. The highest BCUT2D eigenvalue weighted by Crippen LogP contribution is 2.29. The molecule has 0 atom stereocenters. The molecule has 0 radical (unpaired) electrons. The molecule has 0 aliphatic heterocycles. The molecule has 0 N–H and O–H groups in total. The van der Waals surface area contributed by atoms with Gasteiger partial charge in [-0.15, -0.1) is 0 Å². The van der Waals surface area contributed by atoms with Crippen LogP contribution in [0, 0.1) is 18.3 Å². The monoisotopic (exact) mass is 251 g/mol. The molecule has 2 rings (SSSR count). The van der Waals surface area contributed by atoms with E-state index in [0.29, 0.717) is 0 Å². The van der Waals surface area contributed by atoms with E-state index in [-0.39, 0.29) is 11.2 Å². The second kappa shape index (κ2) is 4.81. The van der Waals surface area contributed by atoms with Gasteiger partial charge in [-0.25, -0.2) is 9.97 Å². The molecule has 96 valence electrons. The average molecular weight is 251 g/mol. The van der Waals surface area contributed by atoms with E-state index in [4.69, 9.17) is 5.26 Å². The van der Waals surface area contributed by atoms with Crippen molar-refractivity contribution < 1.29 is 0 Å². The zero-order valence-corrected chi connectivity index (χ0v) is 11.7. The van der Waals surface area contributed by atoms with Crippen molar-refractivity contribution in [3.63, 3.8) is 0 Å². The molecule has 0 unspecified atom stereocenters. The van der Waals surface area contributed by atoms with Crippen LogP contribution in [-0.4, -0.2) is 9.97 Å². The van der Waals surface area contributed by atoms with Crippen molar-refractivity contribution in [2.24, 2.45) is 0 Å². The summed E-state index contributed by atoms with van der Waals surface area (Å²) in [6, 6.07) is 10.2. The number of benzene rings is 1. The Kier molecular flexibility index (Phi) is 3.35. The van der Waals surface area contributed by atoms with Crippen LogP contribution in [0.5, 0.6) is 0 Å². The summed E-state index contributed by atoms with van der Waals surface area (Å²) >= 11 is 0. The summed E-state index contributed by atoms with van der Waals surface area (Å²) in [5.41, 5.74) is 4.36. The largest absolute Gasteiger partial charge is 0.232 e. The third kappa shape index (κ3) is 2.79. The van der Waals surface area contributed by atoms with Gasteiger partial charge in [0, 0.05) is 11.8 Å². The Hall–Kier alpha value is -2.21. The fraction of sp³-hybridized carbons (Fsp3) is 0.312. The van der Waals surface area contributed by atoms with Crippen molar-refractivity contribution in [2.75, 3.05) is 0 Å². The van der Waals surface area contributed by atoms with Gasteiger partial charge in [0.25, 0.3) is 0 Å². The summed E-state index contributed by atoms with van der Waals surface area (Å²) in [6.07, 6.45) is 1.63. The van der Waals surface area contributed by atoms with Crippen LogP contribution in [0.2, 0.25) is 0 Å². The maximum Gasteiger partial charge on any atom is 0.232 e. The average Bonchev–Trinajstić information content (AvgIpc) is 2.38. The van der Waals surface area contributed by atoms with Gasteiger partial charge >= 0.3 is 0 Å². The van der Waals surface area contributed by atoms with Crippen LogP contribution in [0.15, 0.2) is 30.5 Å². The number of nitrogens with zero attached hydrogens (tertiary/aromatic N) is 3. The van der Waals surface area contributed by atoms with Crippen molar-refractivity contribution in [1.82, 2.24) is 9.97 Å². The minimum absolute atomic E-state index is 0.0908. The summed E-state index contributed by atoms with van der Waals surface area (Å²) < 4.78 is 0. The molecule has 3 heteroatoms. The number of aromatic nitrogens is 2. The first kappa shape index (κ1) is 13.2. The predicted molar refractivity (Wildman–Crippen MR) is 75.6 cm³/mol. The lowest BCUT2D eigenvalue weighted by Crippen LogP contribution is -2.11. The molecule has 0 spiro atoms. The molecule has 1 heterocycles. The zero-order chi connectivity index (χ0) is 14.0. The molecule has 0 saturated heterocycles. The Balaban J connectivity index is 2.58. The molecule has 1 aromatic heterocycles. The van der Waals surface area contributed by atoms with E-state index < -0.39 is 0 Å². The van der Waals surface area contributed by atoms with Gasteiger partial charge in [0.1, 0.15) is 6.07 Å². The summed E-state index contributed by atoms with van der Waals surface area (Å²) in [4.78, 5) is 8.19. The Bertz CT molecular complexity index is 646. The third-order valence-corrected chi connectivity index (χ3v) is 3.14. The van der Waals surface area contributed by atoms with Gasteiger partial charge in [0.2, 0.25) is 5.82 Å². The molecular weight excluding hydrogens is 234 g/mol. The SMILES string of the molecule is Cc1ccc(C(C)(C)C)cc1-c1ccnc(C#N)n1. The zero-order valence-electron chi connectivity index (χ0n) is 11.7. The van der Waals surface area contributed by atoms with Gasteiger partial charge in [-0.1, -0.05) is 32.9 Å². The first-order valence-corrected chi connectivity index (χ1v) is 6.26. The molecule has 2 aromatic rings. The Morgan fingerprint density at radius 1 is 1.16 bits per heavy atom. The number of hydrogen-bond donors (Lipinski definition) is 0. The van der Waals surface area contributed by atoms with E-state index in [1.54, 1.807) is 6.20 Å². The number of rotatable bonds is 1. The molecule has 0 bridgehead atoms. The molecular formula is C16H17N3. The quantitative estimate of drug-likeness (QED) is 0.777. The summed E-state index contributed by atoms with van der Waals surface area (Å²) in [5.74, 6) is 0.207. The predicted octanol–water partition coefficient (Wildman–Crippen LogP) is 3.62. The second-order valence-electron chi connectivity index (χ2n) is 5.66. The molecule has 3 nitrogen and oxygen atoms in total. The second-order valence-corrected chi connectivity index (χ2v) is 5.66. The van der Waals surface area contributed by atoms with Crippen LogP contribution in [0.4, 0.5) is 0 Å². The minimum Gasteiger partial charge on any atom is -0.227 e. The number of hydrogen-bond acceptors (Lipinski definition) is 3. The van der Waals surface area contributed by atoms with E-state index in [1.165, 1.54) is 5.56 Å². The molecule has 0 aliphatic rings. The maximum atomic E-state index is 8.89. The molecule has 19 heavy (non-hydrogen) atoms. The van der Waals surface area contributed by atoms with Crippen LogP contribution in [0.1, 0.15) is 37.7 Å². The normalized spacial score (nSPS) is 11.1. The van der Waals surface area contributed by atoms with E-state index in [0.717, 1.165) is 16.8 Å². The minimum atomic E-state index is 0.0908. The fourth-order valence-corrected chi connectivity index (χ4v) is 1.93. The molecule has 0 amide bonds. The van der Waals surface area contributed by atoms with Crippen molar-refractivity contribution >= 4 is 0 Å². The van der Waals surface area contributed by atoms with Gasteiger partial charge in [0.15, 0.2) is 0 Å².